The monoisotopic (exact) mass is 311 g/mol. The van der Waals surface area contributed by atoms with E-state index in [2.05, 4.69) is 26.3 Å². The van der Waals surface area contributed by atoms with Crippen molar-refractivity contribution in [2.24, 2.45) is 7.05 Å². The molecule has 0 atom stereocenters. The minimum absolute atomic E-state index is 0.229. The van der Waals surface area contributed by atoms with Crippen molar-refractivity contribution in [3.8, 4) is 11.3 Å². The molecule has 1 aromatic carbocycles. The van der Waals surface area contributed by atoms with Crippen molar-refractivity contribution in [2.45, 2.75) is 6.42 Å². The predicted octanol–water partition coefficient (Wildman–Crippen LogP) is 2.75. The molecule has 0 aliphatic heterocycles. The summed E-state index contributed by atoms with van der Waals surface area (Å²) in [5, 5.41) is 7.58. The van der Waals surface area contributed by atoms with Crippen molar-refractivity contribution in [2.75, 3.05) is 13.6 Å². The van der Waals surface area contributed by atoms with E-state index in [1.807, 2.05) is 18.8 Å². The highest BCUT2D eigenvalue weighted by Gasteiger charge is 2.14. The Kier molecular flexibility index (Phi) is 4.14. The van der Waals surface area contributed by atoms with E-state index in [4.69, 9.17) is 0 Å². The number of nitrogens with zero attached hydrogens (tertiary/aromatic N) is 2. The Labute approximate surface area is 114 Å². The van der Waals surface area contributed by atoms with Gasteiger partial charge in [-0.2, -0.15) is 5.10 Å². The lowest BCUT2D eigenvalue weighted by Gasteiger charge is -2.02. The van der Waals surface area contributed by atoms with E-state index in [1.54, 1.807) is 12.1 Å². The molecular weight excluding hydrogens is 297 g/mol. The van der Waals surface area contributed by atoms with Crippen molar-refractivity contribution >= 4 is 15.9 Å². The second-order valence-electron chi connectivity index (χ2n) is 4.09. The van der Waals surface area contributed by atoms with Crippen LogP contribution in [0.2, 0.25) is 0 Å². The minimum atomic E-state index is -0.229. The number of hydrogen-bond donors (Lipinski definition) is 1. The number of rotatable bonds is 4. The SMILES string of the molecule is CNCCc1nn(C)c(-c2ccc(F)cc2)c1Br. The third-order valence-corrected chi connectivity index (χ3v) is 3.62. The Hall–Kier alpha value is -1.20. The first-order valence-electron chi connectivity index (χ1n) is 5.75. The quantitative estimate of drug-likeness (QED) is 0.941. The standard InChI is InChI=1S/C13H15BrFN3/c1-16-8-7-11-12(14)13(18(2)17-11)9-3-5-10(15)6-4-9/h3-6,16H,7-8H2,1-2H3. The molecule has 0 saturated heterocycles. The Morgan fingerprint density at radius 2 is 2.00 bits per heavy atom. The second-order valence-corrected chi connectivity index (χ2v) is 4.89. The fourth-order valence-electron chi connectivity index (χ4n) is 1.88. The number of hydrogen-bond acceptors (Lipinski definition) is 2. The molecule has 2 rings (SSSR count). The van der Waals surface area contributed by atoms with Gasteiger partial charge in [-0.3, -0.25) is 4.68 Å². The predicted molar refractivity (Wildman–Crippen MR) is 73.9 cm³/mol. The van der Waals surface area contributed by atoms with Crippen molar-refractivity contribution in [1.82, 2.24) is 15.1 Å². The lowest BCUT2D eigenvalue weighted by Crippen LogP contribution is -2.11. The summed E-state index contributed by atoms with van der Waals surface area (Å²) in [7, 11) is 3.81. The number of likely N-dealkylation sites (N-methyl/N-ethyl adjacent to an activating group) is 1. The van der Waals surface area contributed by atoms with Gasteiger partial charge in [0.25, 0.3) is 0 Å². The van der Waals surface area contributed by atoms with Gasteiger partial charge in [0.05, 0.1) is 15.9 Å². The maximum atomic E-state index is 12.9. The van der Waals surface area contributed by atoms with Gasteiger partial charge >= 0.3 is 0 Å². The molecule has 0 unspecified atom stereocenters. The zero-order valence-electron chi connectivity index (χ0n) is 10.4. The molecule has 0 spiro atoms. The summed E-state index contributed by atoms with van der Waals surface area (Å²) < 4.78 is 15.7. The number of aryl methyl sites for hydroxylation is 1. The molecule has 5 heteroatoms. The lowest BCUT2D eigenvalue weighted by molar-refractivity contribution is 0.628. The smallest absolute Gasteiger partial charge is 0.123 e. The van der Waals surface area contributed by atoms with E-state index in [1.165, 1.54) is 12.1 Å². The molecule has 1 aromatic heterocycles. The fraction of sp³-hybridized carbons (Fsp3) is 0.308. The molecule has 0 bridgehead atoms. The Morgan fingerprint density at radius 1 is 1.33 bits per heavy atom. The highest BCUT2D eigenvalue weighted by Crippen LogP contribution is 2.30. The van der Waals surface area contributed by atoms with Gasteiger partial charge in [0.1, 0.15) is 5.82 Å². The lowest BCUT2D eigenvalue weighted by atomic mass is 10.1. The van der Waals surface area contributed by atoms with Crippen LogP contribution in [0.25, 0.3) is 11.3 Å². The molecule has 1 N–H and O–H groups in total. The van der Waals surface area contributed by atoms with Crippen LogP contribution in [0.5, 0.6) is 0 Å². The molecule has 18 heavy (non-hydrogen) atoms. The summed E-state index contributed by atoms with van der Waals surface area (Å²) >= 11 is 3.58. The molecule has 3 nitrogen and oxygen atoms in total. The van der Waals surface area contributed by atoms with Gasteiger partial charge in [0.15, 0.2) is 0 Å². The number of halogens is 2. The molecule has 0 aliphatic carbocycles. The van der Waals surface area contributed by atoms with E-state index in [9.17, 15) is 4.39 Å². The van der Waals surface area contributed by atoms with Crippen molar-refractivity contribution < 1.29 is 4.39 Å². The van der Waals surface area contributed by atoms with Crippen LogP contribution in [0.15, 0.2) is 28.7 Å². The van der Waals surface area contributed by atoms with E-state index in [0.29, 0.717) is 0 Å². The van der Waals surface area contributed by atoms with Gasteiger partial charge in [0, 0.05) is 25.6 Å². The first-order chi connectivity index (χ1) is 8.63. The van der Waals surface area contributed by atoms with Crippen LogP contribution in [0, 0.1) is 5.82 Å². The van der Waals surface area contributed by atoms with Crippen LogP contribution < -0.4 is 5.32 Å². The number of benzene rings is 1. The summed E-state index contributed by atoms with van der Waals surface area (Å²) in [6, 6.07) is 6.45. The van der Waals surface area contributed by atoms with Crippen LogP contribution in [0.1, 0.15) is 5.69 Å². The van der Waals surface area contributed by atoms with E-state index in [-0.39, 0.29) is 5.82 Å². The zero-order chi connectivity index (χ0) is 13.1. The molecule has 0 radical (unpaired) electrons. The topological polar surface area (TPSA) is 29.9 Å². The van der Waals surface area contributed by atoms with Crippen LogP contribution in [0.3, 0.4) is 0 Å². The van der Waals surface area contributed by atoms with E-state index < -0.39 is 0 Å². The summed E-state index contributed by atoms with van der Waals surface area (Å²) in [6.07, 6.45) is 0.853. The largest absolute Gasteiger partial charge is 0.319 e. The number of nitrogens with one attached hydrogen (secondary N) is 1. The van der Waals surface area contributed by atoms with Crippen molar-refractivity contribution in [3.63, 3.8) is 0 Å². The summed E-state index contributed by atoms with van der Waals surface area (Å²) in [5.41, 5.74) is 2.93. The third-order valence-electron chi connectivity index (χ3n) is 2.79. The van der Waals surface area contributed by atoms with Crippen molar-refractivity contribution in [3.05, 3.63) is 40.2 Å². The molecule has 0 saturated carbocycles. The molecule has 0 amide bonds. The average Bonchev–Trinajstić information content (AvgIpc) is 2.63. The Bertz CT molecular complexity index is 534. The van der Waals surface area contributed by atoms with E-state index >= 15 is 0 Å². The molecule has 1 heterocycles. The third kappa shape index (κ3) is 2.62. The van der Waals surface area contributed by atoms with Gasteiger partial charge in [-0.25, -0.2) is 4.39 Å². The van der Waals surface area contributed by atoms with Gasteiger partial charge in [-0.15, -0.1) is 0 Å². The minimum Gasteiger partial charge on any atom is -0.319 e. The van der Waals surface area contributed by atoms with Crippen LogP contribution in [-0.2, 0) is 13.5 Å². The highest BCUT2D eigenvalue weighted by molar-refractivity contribution is 9.10. The normalized spacial score (nSPS) is 10.9. The first-order valence-corrected chi connectivity index (χ1v) is 6.54. The van der Waals surface area contributed by atoms with Gasteiger partial charge in [-0.1, -0.05) is 0 Å². The maximum absolute atomic E-state index is 12.9. The molecule has 96 valence electrons. The number of aromatic nitrogens is 2. The molecule has 0 fully saturated rings. The van der Waals surface area contributed by atoms with Crippen LogP contribution >= 0.6 is 15.9 Å². The molecular formula is C13H15BrFN3. The van der Waals surface area contributed by atoms with E-state index in [0.717, 1.165) is 34.4 Å². The molecule has 0 aliphatic rings. The highest BCUT2D eigenvalue weighted by atomic mass is 79.9. The van der Waals surface area contributed by atoms with Crippen molar-refractivity contribution in [1.29, 1.82) is 0 Å². The van der Waals surface area contributed by atoms with Gasteiger partial charge < -0.3 is 5.32 Å². The average molecular weight is 312 g/mol. The van der Waals surface area contributed by atoms with Crippen LogP contribution in [0.4, 0.5) is 4.39 Å². The fourth-order valence-corrected chi connectivity index (χ4v) is 2.64. The summed E-state index contributed by atoms with van der Waals surface area (Å²) in [4.78, 5) is 0. The first kappa shape index (κ1) is 13.2. The Balaban J connectivity index is 2.38. The molecule has 2 aromatic rings. The summed E-state index contributed by atoms with van der Waals surface area (Å²) in [6.45, 7) is 0.873. The Morgan fingerprint density at radius 3 is 2.61 bits per heavy atom. The summed E-state index contributed by atoms with van der Waals surface area (Å²) in [5.74, 6) is -0.229. The van der Waals surface area contributed by atoms with Gasteiger partial charge in [-0.05, 0) is 47.2 Å². The zero-order valence-corrected chi connectivity index (χ0v) is 12.0. The second kappa shape index (κ2) is 5.63. The maximum Gasteiger partial charge on any atom is 0.123 e. The van der Waals surface area contributed by atoms with Gasteiger partial charge in [0.2, 0.25) is 0 Å². The van der Waals surface area contributed by atoms with Crippen LogP contribution in [-0.4, -0.2) is 23.4 Å².